The van der Waals surface area contributed by atoms with Gasteiger partial charge in [-0.05, 0) is 25.0 Å². The lowest BCUT2D eigenvalue weighted by molar-refractivity contribution is 0.0870. The number of carbonyl (C=O) groups is 2. The zero-order chi connectivity index (χ0) is 14.3. The van der Waals surface area contributed by atoms with E-state index >= 15 is 0 Å². The summed E-state index contributed by atoms with van der Waals surface area (Å²) in [7, 11) is 0. The molecule has 0 radical (unpaired) electrons. The van der Waals surface area contributed by atoms with E-state index in [-0.39, 0.29) is 24.1 Å². The minimum Gasteiger partial charge on any atom is -0.465 e. The van der Waals surface area contributed by atoms with Crippen LogP contribution in [-0.4, -0.2) is 39.5 Å². The Balaban J connectivity index is 1.82. The summed E-state index contributed by atoms with van der Waals surface area (Å²) in [4.78, 5) is 28.1. The quantitative estimate of drug-likeness (QED) is 0.867. The van der Waals surface area contributed by atoms with Crippen molar-refractivity contribution in [1.82, 2.24) is 9.88 Å². The summed E-state index contributed by atoms with van der Waals surface area (Å²) in [6.45, 7) is -0.296. The summed E-state index contributed by atoms with van der Waals surface area (Å²) in [5, 5.41) is 9.03. The number of halogens is 1. The lowest BCUT2D eigenvalue weighted by Gasteiger charge is -2.16. The molecule has 0 aliphatic heterocycles. The maximum atomic E-state index is 13.0. The topological polar surface area (TPSA) is 83.6 Å². The number of nitrogens with zero attached hydrogens (tertiary/aromatic N) is 2. The van der Waals surface area contributed by atoms with E-state index in [0.717, 1.165) is 23.8 Å². The third kappa shape index (κ3) is 2.34. The van der Waals surface area contributed by atoms with Crippen LogP contribution in [-0.2, 0) is 0 Å². The van der Waals surface area contributed by atoms with Gasteiger partial charge in [0.2, 0.25) is 5.78 Å². The van der Waals surface area contributed by atoms with Crippen LogP contribution in [0.1, 0.15) is 23.5 Å². The number of carbonyl (C=O) groups excluding carboxylic acids is 1. The number of ketones is 1. The normalized spacial score (nSPS) is 14.4. The summed E-state index contributed by atoms with van der Waals surface area (Å²) in [6, 6.07) is 3.65. The summed E-state index contributed by atoms with van der Waals surface area (Å²) >= 11 is 0. The van der Waals surface area contributed by atoms with Crippen molar-refractivity contribution < 1.29 is 23.5 Å². The van der Waals surface area contributed by atoms with Gasteiger partial charge in [0.05, 0.1) is 6.54 Å². The van der Waals surface area contributed by atoms with Gasteiger partial charge in [0.15, 0.2) is 5.58 Å². The second-order valence-electron chi connectivity index (χ2n) is 4.70. The van der Waals surface area contributed by atoms with E-state index in [2.05, 4.69) is 4.98 Å². The minimum atomic E-state index is -1.14. The standard InChI is InChI=1S/C13H11FN2O4/c14-7-1-4-9-11(5-7)20-12(15-9)10(17)6-16(13(18)19)8-2-3-8/h1,4-5,8H,2-3,6H2,(H,18,19). The van der Waals surface area contributed by atoms with Crippen LogP contribution in [0.15, 0.2) is 22.6 Å². The van der Waals surface area contributed by atoms with E-state index in [0.29, 0.717) is 5.52 Å². The molecule has 20 heavy (non-hydrogen) atoms. The largest absolute Gasteiger partial charge is 0.465 e. The van der Waals surface area contributed by atoms with Crippen LogP contribution >= 0.6 is 0 Å². The minimum absolute atomic E-state index is 0.0988. The van der Waals surface area contributed by atoms with E-state index < -0.39 is 17.7 Å². The number of hydrogen-bond donors (Lipinski definition) is 1. The highest BCUT2D eigenvalue weighted by atomic mass is 19.1. The molecule has 3 rings (SSSR count). The Morgan fingerprint density at radius 3 is 2.85 bits per heavy atom. The molecule has 1 N–H and O–H groups in total. The molecule has 1 aromatic carbocycles. The second-order valence-corrected chi connectivity index (χ2v) is 4.70. The van der Waals surface area contributed by atoms with Gasteiger partial charge in [0, 0.05) is 12.1 Å². The van der Waals surface area contributed by atoms with Gasteiger partial charge in [-0.15, -0.1) is 0 Å². The number of aromatic nitrogens is 1. The highest BCUT2D eigenvalue weighted by Crippen LogP contribution is 2.27. The monoisotopic (exact) mass is 278 g/mol. The number of amides is 1. The van der Waals surface area contributed by atoms with Gasteiger partial charge in [-0.25, -0.2) is 14.2 Å². The van der Waals surface area contributed by atoms with Crippen LogP contribution in [0, 0.1) is 5.82 Å². The first-order valence-electron chi connectivity index (χ1n) is 6.13. The zero-order valence-corrected chi connectivity index (χ0v) is 10.4. The van der Waals surface area contributed by atoms with E-state index in [1.54, 1.807) is 0 Å². The molecule has 6 nitrogen and oxygen atoms in total. The van der Waals surface area contributed by atoms with Crippen molar-refractivity contribution in [3.05, 3.63) is 29.9 Å². The maximum Gasteiger partial charge on any atom is 0.407 e. The molecule has 0 saturated heterocycles. The fraction of sp³-hybridized carbons (Fsp3) is 0.308. The number of fused-ring (bicyclic) bond motifs is 1. The summed E-state index contributed by atoms with van der Waals surface area (Å²) in [5.74, 6) is -1.22. The predicted molar refractivity (Wildman–Crippen MR) is 66.1 cm³/mol. The summed E-state index contributed by atoms with van der Waals surface area (Å²) in [5.41, 5.74) is 0.532. The number of oxazole rings is 1. The molecule has 1 aromatic heterocycles. The Labute approximate surface area is 112 Å². The molecule has 0 spiro atoms. The van der Waals surface area contributed by atoms with Gasteiger partial charge < -0.3 is 9.52 Å². The first kappa shape index (κ1) is 12.6. The van der Waals surface area contributed by atoms with E-state index in [1.165, 1.54) is 12.1 Å². The molecule has 0 bridgehead atoms. The van der Waals surface area contributed by atoms with Crippen LogP contribution in [0.2, 0.25) is 0 Å². The molecule has 1 aliphatic carbocycles. The first-order valence-corrected chi connectivity index (χ1v) is 6.13. The van der Waals surface area contributed by atoms with Crippen LogP contribution in [0.3, 0.4) is 0 Å². The molecule has 1 saturated carbocycles. The third-order valence-electron chi connectivity index (χ3n) is 3.14. The molecular formula is C13H11FN2O4. The smallest absolute Gasteiger partial charge is 0.407 e. The van der Waals surface area contributed by atoms with Gasteiger partial charge >= 0.3 is 6.09 Å². The van der Waals surface area contributed by atoms with Crippen LogP contribution in [0.25, 0.3) is 11.1 Å². The molecule has 1 amide bonds. The average molecular weight is 278 g/mol. The molecular weight excluding hydrogens is 267 g/mol. The Morgan fingerprint density at radius 2 is 2.20 bits per heavy atom. The molecule has 104 valence electrons. The second kappa shape index (κ2) is 4.59. The van der Waals surface area contributed by atoms with Gasteiger partial charge in [-0.1, -0.05) is 0 Å². The van der Waals surface area contributed by atoms with Crippen molar-refractivity contribution in [2.75, 3.05) is 6.54 Å². The lowest BCUT2D eigenvalue weighted by atomic mass is 10.3. The van der Waals surface area contributed by atoms with Gasteiger partial charge in [0.25, 0.3) is 5.89 Å². The molecule has 0 unspecified atom stereocenters. The summed E-state index contributed by atoms with van der Waals surface area (Å²) < 4.78 is 18.2. The third-order valence-corrected chi connectivity index (χ3v) is 3.14. The van der Waals surface area contributed by atoms with Crippen molar-refractivity contribution in [2.24, 2.45) is 0 Å². The zero-order valence-electron chi connectivity index (χ0n) is 10.4. The highest BCUT2D eigenvalue weighted by Gasteiger charge is 2.34. The van der Waals surface area contributed by atoms with Crippen molar-refractivity contribution in [3.8, 4) is 0 Å². The molecule has 1 aliphatic rings. The molecule has 1 fully saturated rings. The van der Waals surface area contributed by atoms with E-state index in [1.807, 2.05) is 0 Å². The SMILES string of the molecule is O=C(CN(C(=O)O)C1CC1)c1nc2ccc(F)cc2o1. The van der Waals surface area contributed by atoms with E-state index in [9.17, 15) is 14.0 Å². The van der Waals surface area contributed by atoms with Crippen LogP contribution in [0.5, 0.6) is 0 Å². The molecule has 7 heteroatoms. The van der Waals surface area contributed by atoms with Crippen LogP contribution < -0.4 is 0 Å². The van der Waals surface area contributed by atoms with Crippen molar-refractivity contribution in [1.29, 1.82) is 0 Å². The van der Waals surface area contributed by atoms with Crippen molar-refractivity contribution in [3.63, 3.8) is 0 Å². The Hall–Kier alpha value is -2.44. The Kier molecular flexibility index (Phi) is 2.89. The van der Waals surface area contributed by atoms with Crippen molar-refractivity contribution >= 4 is 23.0 Å². The maximum absolute atomic E-state index is 13.0. The Bertz CT molecular complexity index is 693. The van der Waals surface area contributed by atoms with Gasteiger partial charge in [-0.2, -0.15) is 0 Å². The van der Waals surface area contributed by atoms with Gasteiger partial charge in [-0.3, -0.25) is 9.69 Å². The predicted octanol–water partition coefficient (Wildman–Crippen LogP) is 2.29. The first-order chi connectivity index (χ1) is 9.54. The van der Waals surface area contributed by atoms with E-state index in [4.69, 9.17) is 9.52 Å². The molecule has 0 atom stereocenters. The number of Topliss-reactive ketones (excluding diaryl/α,β-unsaturated/α-hetero) is 1. The molecule has 2 aromatic rings. The number of rotatable bonds is 4. The lowest BCUT2D eigenvalue weighted by Crippen LogP contribution is -2.36. The number of hydrogen-bond acceptors (Lipinski definition) is 4. The van der Waals surface area contributed by atoms with Gasteiger partial charge in [0.1, 0.15) is 11.3 Å². The number of benzene rings is 1. The summed E-state index contributed by atoms with van der Waals surface area (Å²) in [6.07, 6.45) is 0.388. The fourth-order valence-electron chi connectivity index (χ4n) is 1.98. The Morgan fingerprint density at radius 1 is 1.45 bits per heavy atom. The average Bonchev–Trinajstić information content (AvgIpc) is 3.14. The van der Waals surface area contributed by atoms with Crippen molar-refractivity contribution in [2.45, 2.75) is 18.9 Å². The highest BCUT2D eigenvalue weighted by molar-refractivity contribution is 5.96. The molecule has 1 heterocycles. The fourth-order valence-corrected chi connectivity index (χ4v) is 1.98. The number of carboxylic acid groups (broad SMARTS) is 1. The van der Waals surface area contributed by atoms with Crippen LogP contribution in [0.4, 0.5) is 9.18 Å².